The average Bonchev–Trinajstić information content (AvgIpc) is 4.04. The highest BCUT2D eigenvalue weighted by Gasteiger charge is 2.43. The summed E-state index contributed by atoms with van der Waals surface area (Å²) in [5.74, 6) is 1.03. The highest BCUT2D eigenvalue weighted by molar-refractivity contribution is 7.23. The van der Waals surface area contributed by atoms with E-state index in [1.807, 2.05) is 17.4 Å². The second-order valence-corrected chi connectivity index (χ2v) is 22.6. The van der Waals surface area contributed by atoms with Gasteiger partial charge in [0.2, 0.25) is 0 Å². The maximum absolute atomic E-state index is 15.3. The van der Waals surface area contributed by atoms with Gasteiger partial charge in [0.05, 0.1) is 32.3 Å². The summed E-state index contributed by atoms with van der Waals surface area (Å²) in [4.78, 5) is 33.7. The molecule has 1 unspecified atom stereocenters. The van der Waals surface area contributed by atoms with Gasteiger partial charge in [0.25, 0.3) is 11.8 Å². The molecule has 2 atom stereocenters. The molecule has 4 heterocycles. The minimum absolute atomic E-state index is 0.0403. The molecule has 0 saturated heterocycles. The molecular formula is C60H90N2O2S2. The van der Waals surface area contributed by atoms with E-state index in [9.17, 15) is 4.79 Å². The molecule has 4 nitrogen and oxygen atoms in total. The molecule has 66 heavy (non-hydrogen) atoms. The Hall–Kier alpha value is -2.96. The number of fused-ring (bicyclic) bond motifs is 6. The highest BCUT2D eigenvalue weighted by Crippen LogP contribution is 2.55. The van der Waals surface area contributed by atoms with E-state index in [4.69, 9.17) is 0 Å². The van der Waals surface area contributed by atoms with Crippen molar-refractivity contribution in [2.45, 2.75) is 240 Å². The first-order valence-electron chi connectivity index (χ1n) is 27.9. The normalized spacial score (nSPS) is 15.7. The Morgan fingerprint density at radius 1 is 0.485 bits per heavy atom. The van der Waals surface area contributed by atoms with Gasteiger partial charge >= 0.3 is 0 Å². The molecule has 0 bridgehead atoms. The molecule has 4 aromatic rings. The number of hydrogen-bond donors (Lipinski definition) is 1. The largest absolute Gasteiger partial charge is 0.320 e. The van der Waals surface area contributed by atoms with Crippen LogP contribution < -0.4 is 10.2 Å². The molecule has 0 fully saturated rings. The van der Waals surface area contributed by atoms with Crippen LogP contribution in [0.25, 0.3) is 31.3 Å². The standard InChI is InChI=1S/C60H90N2O2S2/c1-5-9-13-17-21-23-27-30-37-46(36-29-25-19-15-11-7-3)44-48-40-35-42-50-55-58(66-56(48)50)53(52-57-54(61-59(52)63)49-41-33-34-43-51(49)65-57)60(64)62(55)45-47(38-31-26-20-16-12-8-4)39-32-28-24-22-18-14-10-6-2/h33-35,40-43,46-47H,5-32,36-39,44-45H2,1-4H3,(H,61,63)/t46?,47-/m1/s1. The number of nitrogens with zero attached hydrogens (tertiary/aromatic N) is 1. The first kappa shape index (κ1) is 52.4. The number of rotatable bonds is 36. The predicted molar refractivity (Wildman–Crippen MR) is 293 cm³/mol. The molecule has 2 aliphatic rings. The van der Waals surface area contributed by atoms with Crippen molar-refractivity contribution in [1.29, 1.82) is 0 Å². The molecule has 2 aliphatic heterocycles. The van der Waals surface area contributed by atoms with Crippen molar-refractivity contribution in [2.75, 3.05) is 16.8 Å². The summed E-state index contributed by atoms with van der Waals surface area (Å²) in [7, 11) is 0. The summed E-state index contributed by atoms with van der Waals surface area (Å²) in [6.07, 6.45) is 43.3. The van der Waals surface area contributed by atoms with Crippen molar-refractivity contribution >= 4 is 77.2 Å². The van der Waals surface area contributed by atoms with E-state index in [1.54, 1.807) is 11.3 Å². The summed E-state index contributed by atoms with van der Waals surface area (Å²) in [5.41, 5.74) is 4.66. The number of thiophene rings is 2. The minimum Gasteiger partial charge on any atom is -0.320 e. The van der Waals surface area contributed by atoms with Crippen molar-refractivity contribution in [1.82, 2.24) is 0 Å². The Morgan fingerprint density at radius 2 is 0.955 bits per heavy atom. The summed E-state index contributed by atoms with van der Waals surface area (Å²) in [6.45, 7) is 9.95. The molecular weight excluding hydrogens is 845 g/mol. The molecule has 1 N–H and O–H groups in total. The van der Waals surface area contributed by atoms with E-state index in [0.717, 1.165) is 44.2 Å². The molecule has 364 valence electrons. The Balaban J connectivity index is 1.30. The zero-order chi connectivity index (χ0) is 46.4. The number of carbonyl (C=O) groups is 2. The van der Waals surface area contributed by atoms with Crippen molar-refractivity contribution in [3.8, 4) is 0 Å². The Morgan fingerprint density at radius 3 is 1.48 bits per heavy atom. The molecule has 0 spiro atoms. The Labute approximate surface area is 410 Å². The van der Waals surface area contributed by atoms with Crippen LogP contribution >= 0.6 is 22.7 Å². The second kappa shape index (κ2) is 29.2. The van der Waals surface area contributed by atoms with Gasteiger partial charge in [0, 0.05) is 26.7 Å². The van der Waals surface area contributed by atoms with E-state index in [0.29, 0.717) is 23.0 Å². The fraction of sp³-hybridized carbons (Fsp3) is 0.667. The summed E-state index contributed by atoms with van der Waals surface area (Å²) in [6, 6.07) is 15.3. The third-order valence-corrected chi connectivity index (χ3v) is 17.6. The first-order valence-corrected chi connectivity index (χ1v) is 29.6. The molecule has 0 saturated carbocycles. The zero-order valence-corrected chi connectivity index (χ0v) is 44.0. The topological polar surface area (TPSA) is 49.4 Å². The van der Waals surface area contributed by atoms with Crippen molar-refractivity contribution in [3.05, 3.63) is 57.8 Å². The smallest absolute Gasteiger partial charge is 0.260 e. The van der Waals surface area contributed by atoms with Gasteiger partial charge in [0.15, 0.2) is 0 Å². The van der Waals surface area contributed by atoms with E-state index >= 15 is 4.79 Å². The predicted octanol–water partition coefficient (Wildman–Crippen LogP) is 19.7. The number of benzene rings is 2. The van der Waals surface area contributed by atoms with Gasteiger partial charge < -0.3 is 10.2 Å². The minimum atomic E-state index is -0.122. The van der Waals surface area contributed by atoms with Gasteiger partial charge in [-0.3, -0.25) is 9.59 Å². The second-order valence-electron chi connectivity index (χ2n) is 20.6. The lowest BCUT2D eigenvalue weighted by Crippen LogP contribution is -2.32. The number of anilines is 2. The van der Waals surface area contributed by atoms with Gasteiger partial charge in [-0.05, 0) is 42.7 Å². The third-order valence-electron chi connectivity index (χ3n) is 15.1. The highest BCUT2D eigenvalue weighted by atomic mass is 32.1. The summed E-state index contributed by atoms with van der Waals surface area (Å²) in [5, 5.41) is 5.55. The van der Waals surface area contributed by atoms with Gasteiger partial charge in [-0.15, -0.1) is 22.7 Å². The maximum atomic E-state index is 15.3. The van der Waals surface area contributed by atoms with E-state index in [2.05, 4.69) is 74.3 Å². The molecule has 0 aliphatic carbocycles. The van der Waals surface area contributed by atoms with Crippen LogP contribution in [0.15, 0.2) is 42.5 Å². The first-order chi connectivity index (χ1) is 32.5. The van der Waals surface area contributed by atoms with Crippen LogP contribution in [-0.4, -0.2) is 18.4 Å². The van der Waals surface area contributed by atoms with Crippen LogP contribution in [0.2, 0.25) is 0 Å². The van der Waals surface area contributed by atoms with Crippen molar-refractivity contribution in [2.24, 2.45) is 11.8 Å². The van der Waals surface area contributed by atoms with Crippen LogP contribution in [0, 0.1) is 11.8 Å². The van der Waals surface area contributed by atoms with Crippen LogP contribution in [-0.2, 0) is 16.0 Å². The lowest BCUT2D eigenvalue weighted by Gasteiger charge is -2.25. The third kappa shape index (κ3) is 14.8. The molecule has 6 rings (SSSR count). The number of amides is 2. The monoisotopic (exact) mass is 935 g/mol. The number of unbranched alkanes of at least 4 members (excludes halogenated alkanes) is 24. The van der Waals surface area contributed by atoms with Gasteiger partial charge in [-0.2, -0.15) is 0 Å². The molecule has 2 aromatic heterocycles. The van der Waals surface area contributed by atoms with Crippen LogP contribution in [0.1, 0.15) is 248 Å². The van der Waals surface area contributed by atoms with Crippen molar-refractivity contribution < 1.29 is 9.59 Å². The van der Waals surface area contributed by atoms with Gasteiger partial charge in [-0.25, -0.2) is 0 Å². The molecule has 6 heteroatoms. The molecule has 2 amide bonds. The van der Waals surface area contributed by atoms with Crippen LogP contribution in [0.4, 0.5) is 11.4 Å². The fourth-order valence-corrected chi connectivity index (χ4v) is 13.7. The lowest BCUT2D eigenvalue weighted by molar-refractivity contribution is -0.114. The Kier molecular flexibility index (Phi) is 23.2. The quantitative estimate of drug-likeness (QED) is 0.0365. The van der Waals surface area contributed by atoms with Crippen molar-refractivity contribution in [3.63, 3.8) is 0 Å². The van der Waals surface area contributed by atoms with E-state index < -0.39 is 0 Å². The fourth-order valence-electron chi connectivity index (χ4n) is 11.1. The molecule has 0 radical (unpaired) electrons. The summed E-state index contributed by atoms with van der Waals surface area (Å²) >= 11 is 3.47. The zero-order valence-electron chi connectivity index (χ0n) is 42.3. The van der Waals surface area contributed by atoms with Crippen LogP contribution in [0.3, 0.4) is 0 Å². The van der Waals surface area contributed by atoms with E-state index in [-0.39, 0.29) is 11.8 Å². The lowest BCUT2D eigenvalue weighted by atomic mass is 9.88. The number of nitrogens with one attached hydrogen (secondary N) is 1. The van der Waals surface area contributed by atoms with E-state index in [1.165, 1.54) is 221 Å². The Bertz CT molecular complexity index is 2090. The van der Waals surface area contributed by atoms with Gasteiger partial charge in [-0.1, -0.05) is 257 Å². The van der Waals surface area contributed by atoms with Crippen LogP contribution in [0.5, 0.6) is 0 Å². The number of hydrogen-bond acceptors (Lipinski definition) is 4. The van der Waals surface area contributed by atoms with Gasteiger partial charge in [0.1, 0.15) is 0 Å². The SMILES string of the molecule is CCCCCCCCCCC(CCCCCCCC)Cc1cccc2c3c(sc12)C(=C1C(=O)Nc2c1sc1ccccc21)C(=O)N3C[C@H](CCCCCCCC)CCCCCCCCCC. The average molecular weight is 936 g/mol. The molecule has 2 aromatic carbocycles. The number of carbonyl (C=O) groups excluding carboxylic acids is 2. The summed E-state index contributed by atoms with van der Waals surface area (Å²) < 4.78 is 2.49. The maximum Gasteiger partial charge on any atom is 0.260 e.